The molecule has 0 unspecified atom stereocenters. The summed E-state index contributed by atoms with van der Waals surface area (Å²) in [7, 11) is 0. The molecule has 0 saturated heterocycles. The van der Waals surface area contributed by atoms with Gasteiger partial charge in [-0.3, -0.25) is 33.7 Å². The number of carboxylic acid groups (broad SMARTS) is 3. The van der Waals surface area contributed by atoms with Crippen molar-refractivity contribution in [2.75, 3.05) is 58.9 Å². The molecule has 0 rings (SSSR count). The van der Waals surface area contributed by atoms with Crippen molar-refractivity contribution < 1.29 is 44.1 Å². The van der Waals surface area contributed by atoms with Crippen molar-refractivity contribution in [2.24, 2.45) is 0 Å². The van der Waals surface area contributed by atoms with Crippen molar-refractivity contribution in [1.29, 1.82) is 0 Å². The summed E-state index contributed by atoms with van der Waals surface area (Å²) in [6.07, 6.45) is 10.5. The quantitative estimate of drug-likeness (QED) is 0.0781. The zero-order valence-electron chi connectivity index (χ0n) is 30.7. The summed E-state index contributed by atoms with van der Waals surface area (Å²) in [6.45, 7) is 10.2. The van der Waals surface area contributed by atoms with Crippen molar-refractivity contribution >= 4 is 35.6 Å². The lowest BCUT2D eigenvalue weighted by Gasteiger charge is -2.32. The zero-order valence-corrected chi connectivity index (χ0v) is 30.7. The van der Waals surface area contributed by atoms with Crippen molar-refractivity contribution in [3.63, 3.8) is 0 Å². The van der Waals surface area contributed by atoms with Gasteiger partial charge in [0.2, 0.25) is 17.7 Å². The summed E-state index contributed by atoms with van der Waals surface area (Å²) in [5.74, 6) is -3.75. The highest BCUT2D eigenvalue weighted by molar-refractivity contribution is 5.82. The van der Waals surface area contributed by atoms with Gasteiger partial charge in [-0.15, -0.1) is 0 Å². The average molecular weight is 699 g/mol. The van der Waals surface area contributed by atoms with Crippen LogP contribution in [-0.2, 0) is 28.8 Å². The molecular weight excluding hydrogens is 632 g/mol. The third-order valence-electron chi connectivity index (χ3n) is 8.62. The fourth-order valence-electron chi connectivity index (χ4n) is 5.51. The van der Waals surface area contributed by atoms with E-state index in [1.54, 1.807) is 14.7 Å². The van der Waals surface area contributed by atoms with Crippen LogP contribution in [0.3, 0.4) is 0 Å². The number of amides is 3. The first kappa shape index (κ1) is 45.8. The number of rotatable bonds is 33. The Kier molecular flexibility index (Phi) is 27.7. The summed E-state index contributed by atoms with van der Waals surface area (Å²) in [5.41, 5.74) is 0. The van der Waals surface area contributed by atoms with Gasteiger partial charge in [0.15, 0.2) is 0 Å². The number of unbranched alkanes of at least 4 members (excludes halogenated alkanes) is 9. The zero-order chi connectivity index (χ0) is 36.9. The number of hydrogen-bond acceptors (Lipinski definition) is 7. The van der Waals surface area contributed by atoms with E-state index in [4.69, 9.17) is 15.3 Å². The predicted molar refractivity (Wildman–Crippen MR) is 189 cm³/mol. The number of aliphatic carboxylic acids is 3. The summed E-state index contributed by atoms with van der Waals surface area (Å²) in [5, 5.41) is 27.5. The monoisotopic (exact) mass is 698 g/mol. The maximum Gasteiger partial charge on any atom is 0.303 e. The van der Waals surface area contributed by atoms with Crippen LogP contribution in [-0.4, -0.2) is 129 Å². The highest BCUT2D eigenvalue weighted by Gasteiger charge is 2.21. The first-order chi connectivity index (χ1) is 23.4. The smallest absolute Gasteiger partial charge is 0.303 e. The number of carbonyl (C=O) groups excluding carboxylic acids is 3. The Balaban J connectivity index is 6.00. The molecular formula is C36H66N4O9. The van der Waals surface area contributed by atoms with Crippen LogP contribution >= 0.6 is 0 Å². The van der Waals surface area contributed by atoms with E-state index in [0.29, 0.717) is 58.9 Å². The molecule has 3 N–H and O–H groups in total. The van der Waals surface area contributed by atoms with E-state index in [0.717, 1.165) is 77.0 Å². The van der Waals surface area contributed by atoms with Crippen LogP contribution in [0.15, 0.2) is 0 Å². The number of nitrogens with zero attached hydrogens (tertiary/aromatic N) is 4. The highest BCUT2D eigenvalue weighted by atomic mass is 16.4. The van der Waals surface area contributed by atoms with Crippen LogP contribution in [0.5, 0.6) is 0 Å². The van der Waals surface area contributed by atoms with Gasteiger partial charge >= 0.3 is 17.9 Å². The van der Waals surface area contributed by atoms with Crippen LogP contribution in [0.1, 0.15) is 136 Å². The van der Waals surface area contributed by atoms with Crippen LogP contribution in [0.25, 0.3) is 0 Å². The molecule has 0 bridgehead atoms. The molecule has 0 spiro atoms. The topological polar surface area (TPSA) is 176 Å². The number of carboxylic acids is 3. The molecule has 0 aliphatic rings. The minimum atomic E-state index is -1.03. The molecule has 0 fully saturated rings. The molecule has 0 aliphatic carbocycles. The van der Waals surface area contributed by atoms with E-state index in [9.17, 15) is 28.8 Å². The lowest BCUT2D eigenvalue weighted by atomic mass is 10.2. The molecule has 0 aromatic carbocycles. The summed E-state index contributed by atoms with van der Waals surface area (Å²) < 4.78 is 0. The predicted octanol–water partition coefficient (Wildman–Crippen LogP) is 5.11. The Bertz CT molecular complexity index is 844. The second-order valence-electron chi connectivity index (χ2n) is 12.8. The van der Waals surface area contributed by atoms with Gasteiger partial charge in [0.25, 0.3) is 0 Å². The van der Waals surface area contributed by atoms with E-state index in [1.165, 1.54) is 0 Å². The summed E-state index contributed by atoms with van der Waals surface area (Å²) in [6, 6.07) is 0. The van der Waals surface area contributed by atoms with E-state index in [1.807, 2.05) is 0 Å². The van der Waals surface area contributed by atoms with Crippen molar-refractivity contribution in [3.8, 4) is 0 Å². The molecule has 3 amide bonds. The highest BCUT2D eigenvalue weighted by Crippen LogP contribution is 2.10. The first-order valence-corrected chi connectivity index (χ1v) is 18.7. The molecule has 0 aromatic rings. The van der Waals surface area contributed by atoms with E-state index < -0.39 is 17.9 Å². The van der Waals surface area contributed by atoms with Gasteiger partial charge in [-0.1, -0.05) is 78.6 Å². The minimum Gasteiger partial charge on any atom is -0.481 e. The molecule has 0 heterocycles. The Morgan fingerprint density at radius 1 is 0.347 bits per heavy atom. The van der Waals surface area contributed by atoms with E-state index >= 15 is 0 Å². The fraction of sp³-hybridized carbons (Fsp3) is 0.833. The van der Waals surface area contributed by atoms with Crippen LogP contribution in [0, 0.1) is 0 Å². The van der Waals surface area contributed by atoms with Crippen LogP contribution in [0.2, 0.25) is 0 Å². The molecule has 0 radical (unpaired) electrons. The Labute approximate surface area is 294 Å². The Hall–Kier alpha value is -3.22. The second kappa shape index (κ2) is 29.7. The molecule has 13 nitrogen and oxygen atoms in total. The fourth-order valence-corrected chi connectivity index (χ4v) is 5.51. The largest absolute Gasteiger partial charge is 0.481 e. The summed E-state index contributed by atoms with van der Waals surface area (Å²) >= 11 is 0. The van der Waals surface area contributed by atoms with E-state index in [2.05, 4.69) is 25.7 Å². The van der Waals surface area contributed by atoms with Crippen molar-refractivity contribution in [2.45, 2.75) is 136 Å². The normalized spacial score (nSPS) is 11.0. The number of carbonyl (C=O) groups is 6. The SMILES string of the molecule is CCCCCCN(CCN(CCN(CCCCCC)C(=O)CCC(=O)O)CCN(CCCCCC)C(=O)CCC(=O)O)C(=O)CCC(=O)O. The van der Waals surface area contributed by atoms with Gasteiger partial charge in [0.1, 0.15) is 0 Å². The van der Waals surface area contributed by atoms with Gasteiger partial charge < -0.3 is 30.0 Å². The van der Waals surface area contributed by atoms with Gasteiger partial charge in [-0.2, -0.15) is 0 Å². The lowest BCUT2D eigenvalue weighted by Crippen LogP contribution is -2.46. The molecule has 284 valence electrons. The maximum absolute atomic E-state index is 13.1. The lowest BCUT2D eigenvalue weighted by molar-refractivity contribution is -0.141. The van der Waals surface area contributed by atoms with Gasteiger partial charge in [0.05, 0.1) is 19.3 Å². The second-order valence-corrected chi connectivity index (χ2v) is 12.8. The van der Waals surface area contributed by atoms with Crippen LogP contribution < -0.4 is 0 Å². The molecule has 0 aromatic heterocycles. The standard InChI is InChI=1S/C36H66N4O9/c1-4-7-10-13-22-38(31(41)16-19-34(44)45)28-25-37(26-29-39(23-14-11-8-5-2)32(42)17-20-35(46)47)27-30-40(24-15-12-9-6-3)33(43)18-21-36(48)49/h4-30H2,1-3H3,(H,44,45)(H,46,47)(H,48,49). The Morgan fingerprint density at radius 2 is 0.612 bits per heavy atom. The van der Waals surface area contributed by atoms with Gasteiger partial charge in [-0.05, 0) is 19.3 Å². The molecule has 49 heavy (non-hydrogen) atoms. The van der Waals surface area contributed by atoms with Crippen LogP contribution in [0.4, 0.5) is 0 Å². The van der Waals surface area contributed by atoms with Gasteiger partial charge in [0, 0.05) is 78.2 Å². The number of hydrogen-bond donors (Lipinski definition) is 3. The molecule has 0 saturated carbocycles. The van der Waals surface area contributed by atoms with Gasteiger partial charge in [-0.25, -0.2) is 0 Å². The molecule has 0 atom stereocenters. The minimum absolute atomic E-state index is 0.0870. The average Bonchev–Trinajstić information content (AvgIpc) is 3.06. The first-order valence-electron chi connectivity index (χ1n) is 18.7. The third kappa shape index (κ3) is 25.4. The summed E-state index contributed by atoms with van der Waals surface area (Å²) in [4.78, 5) is 80.0. The van der Waals surface area contributed by atoms with Crippen molar-refractivity contribution in [1.82, 2.24) is 19.6 Å². The Morgan fingerprint density at radius 3 is 0.837 bits per heavy atom. The van der Waals surface area contributed by atoms with Crippen molar-refractivity contribution in [3.05, 3.63) is 0 Å². The third-order valence-corrected chi connectivity index (χ3v) is 8.62. The van der Waals surface area contributed by atoms with E-state index in [-0.39, 0.29) is 56.2 Å². The molecule has 0 aliphatic heterocycles. The molecule has 13 heteroatoms. The maximum atomic E-state index is 13.1.